The van der Waals surface area contributed by atoms with E-state index < -0.39 is 15.7 Å². The largest absolute Gasteiger partial charge is 0.379 e. The maximum atomic E-state index is 12.1. The van der Waals surface area contributed by atoms with Crippen molar-refractivity contribution in [1.82, 2.24) is 9.03 Å². The van der Waals surface area contributed by atoms with E-state index in [1.54, 1.807) is 13.8 Å². The third-order valence-electron chi connectivity index (χ3n) is 3.06. The number of ether oxygens (including phenoxy) is 1. The maximum absolute atomic E-state index is 12.1. The SMILES string of the molecule is CCC(C#N)(CC)NS(=O)(=O)N1CCOCC1. The van der Waals surface area contributed by atoms with Gasteiger partial charge in [0.05, 0.1) is 19.3 Å². The van der Waals surface area contributed by atoms with Gasteiger partial charge in [0.1, 0.15) is 5.54 Å². The zero-order valence-electron chi connectivity index (χ0n) is 10.3. The van der Waals surface area contributed by atoms with Gasteiger partial charge in [0.25, 0.3) is 10.2 Å². The zero-order valence-corrected chi connectivity index (χ0v) is 11.1. The van der Waals surface area contributed by atoms with E-state index >= 15 is 0 Å². The van der Waals surface area contributed by atoms with E-state index in [9.17, 15) is 8.42 Å². The number of nitrogens with zero attached hydrogens (tertiary/aromatic N) is 2. The second-order valence-corrected chi connectivity index (χ2v) is 5.69. The van der Waals surface area contributed by atoms with Crippen molar-refractivity contribution in [3.63, 3.8) is 0 Å². The van der Waals surface area contributed by atoms with Crippen LogP contribution in [0.15, 0.2) is 0 Å². The van der Waals surface area contributed by atoms with Crippen LogP contribution in [0.2, 0.25) is 0 Å². The molecule has 98 valence electrons. The molecule has 0 bridgehead atoms. The van der Waals surface area contributed by atoms with Gasteiger partial charge in [-0.2, -0.15) is 22.7 Å². The molecular formula is C10H19N3O3S. The molecule has 1 rings (SSSR count). The van der Waals surface area contributed by atoms with Crippen LogP contribution in [0, 0.1) is 11.3 Å². The van der Waals surface area contributed by atoms with Crippen LogP contribution >= 0.6 is 0 Å². The van der Waals surface area contributed by atoms with E-state index in [2.05, 4.69) is 10.8 Å². The Morgan fingerprint density at radius 2 is 1.88 bits per heavy atom. The molecule has 1 heterocycles. The van der Waals surface area contributed by atoms with E-state index in [1.165, 1.54) is 4.31 Å². The van der Waals surface area contributed by atoms with Crippen LogP contribution in [-0.2, 0) is 14.9 Å². The molecule has 0 atom stereocenters. The molecule has 0 amide bonds. The van der Waals surface area contributed by atoms with Gasteiger partial charge in [-0.05, 0) is 12.8 Å². The maximum Gasteiger partial charge on any atom is 0.280 e. The highest BCUT2D eigenvalue weighted by atomic mass is 32.2. The first-order chi connectivity index (χ1) is 7.99. The van der Waals surface area contributed by atoms with Crippen LogP contribution in [0.5, 0.6) is 0 Å². The fraction of sp³-hybridized carbons (Fsp3) is 0.900. The molecule has 1 N–H and O–H groups in total. The Morgan fingerprint density at radius 3 is 2.29 bits per heavy atom. The lowest BCUT2D eigenvalue weighted by Crippen LogP contribution is -2.54. The highest BCUT2D eigenvalue weighted by Gasteiger charge is 2.35. The predicted molar refractivity (Wildman–Crippen MR) is 63.4 cm³/mol. The molecule has 0 radical (unpaired) electrons. The molecule has 0 saturated carbocycles. The molecule has 0 aromatic heterocycles. The second kappa shape index (κ2) is 5.78. The lowest BCUT2D eigenvalue weighted by molar-refractivity contribution is 0.0720. The molecule has 6 nitrogen and oxygen atoms in total. The molecule has 0 aromatic rings. The topological polar surface area (TPSA) is 82.4 Å². The van der Waals surface area contributed by atoms with Crippen molar-refractivity contribution in [3.8, 4) is 6.07 Å². The minimum Gasteiger partial charge on any atom is -0.379 e. The van der Waals surface area contributed by atoms with Gasteiger partial charge in [-0.1, -0.05) is 13.8 Å². The summed E-state index contributed by atoms with van der Waals surface area (Å²) in [5.41, 5.74) is -1.00. The summed E-state index contributed by atoms with van der Waals surface area (Å²) in [5.74, 6) is 0. The number of rotatable bonds is 5. The van der Waals surface area contributed by atoms with Crippen LogP contribution in [0.3, 0.4) is 0 Å². The molecule has 17 heavy (non-hydrogen) atoms. The molecule has 1 fully saturated rings. The third kappa shape index (κ3) is 3.39. The second-order valence-electron chi connectivity index (χ2n) is 4.02. The zero-order chi connectivity index (χ0) is 12.9. The summed E-state index contributed by atoms with van der Waals surface area (Å²) in [6.45, 7) is 5.08. The highest BCUT2D eigenvalue weighted by molar-refractivity contribution is 7.87. The summed E-state index contributed by atoms with van der Waals surface area (Å²) in [6.07, 6.45) is 0.896. The quantitative estimate of drug-likeness (QED) is 0.768. The van der Waals surface area contributed by atoms with Gasteiger partial charge < -0.3 is 4.74 Å². The Labute approximate surface area is 103 Å². The Balaban J connectivity index is 2.81. The summed E-state index contributed by atoms with van der Waals surface area (Å²) in [6, 6.07) is 2.06. The first kappa shape index (κ1) is 14.4. The number of hydrogen-bond acceptors (Lipinski definition) is 4. The summed E-state index contributed by atoms with van der Waals surface area (Å²) >= 11 is 0. The molecule has 0 aromatic carbocycles. The Hall–Kier alpha value is -0.680. The first-order valence-corrected chi connectivity index (χ1v) is 7.21. The fourth-order valence-corrected chi connectivity index (χ4v) is 3.26. The van der Waals surface area contributed by atoms with Crippen LogP contribution in [0.1, 0.15) is 26.7 Å². The fourth-order valence-electron chi connectivity index (χ4n) is 1.67. The Morgan fingerprint density at radius 1 is 1.35 bits per heavy atom. The Bertz CT molecular complexity index is 378. The van der Waals surface area contributed by atoms with E-state index in [0.29, 0.717) is 39.1 Å². The van der Waals surface area contributed by atoms with Crippen LogP contribution in [0.25, 0.3) is 0 Å². The average molecular weight is 261 g/mol. The van der Waals surface area contributed by atoms with Gasteiger partial charge in [-0.3, -0.25) is 0 Å². The summed E-state index contributed by atoms with van der Waals surface area (Å²) in [5, 5.41) is 9.12. The van der Waals surface area contributed by atoms with E-state index in [1.807, 2.05) is 0 Å². The lowest BCUT2D eigenvalue weighted by Gasteiger charge is -2.31. The minimum absolute atomic E-state index is 0.338. The van der Waals surface area contributed by atoms with Gasteiger partial charge in [-0.15, -0.1) is 0 Å². The standard InChI is InChI=1S/C10H19N3O3S/c1-3-10(4-2,9-11)12-17(14,15)13-5-7-16-8-6-13/h12H,3-8H2,1-2H3. The normalized spacial score (nSPS) is 18.9. The van der Waals surface area contributed by atoms with Gasteiger partial charge in [0.15, 0.2) is 0 Å². The van der Waals surface area contributed by atoms with E-state index in [4.69, 9.17) is 10.00 Å². The molecule has 1 saturated heterocycles. The van der Waals surface area contributed by atoms with Crippen LogP contribution in [0.4, 0.5) is 0 Å². The van der Waals surface area contributed by atoms with Crippen LogP contribution < -0.4 is 4.72 Å². The average Bonchev–Trinajstić information content (AvgIpc) is 2.37. The van der Waals surface area contributed by atoms with Gasteiger partial charge in [-0.25, -0.2) is 0 Å². The molecular weight excluding hydrogens is 242 g/mol. The molecule has 1 aliphatic rings. The van der Waals surface area contributed by atoms with Crippen molar-refractivity contribution in [1.29, 1.82) is 5.26 Å². The molecule has 1 aliphatic heterocycles. The van der Waals surface area contributed by atoms with E-state index in [0.717, 1.165) is 0 Å². The predicted octanol–water partition coefficient (Wildman–Crippen LogP) is 0.235. The summed E-state index contributed by atoms with van der Waals surface area (Å²) < 4.78 is 33.1. The van der Waals surface area contributed by atoms with Gasteiger partial charge in [0.2, 0.25) is 0 Å². The first-order valence-electron chi connectivity index (χ1n) is 5.77. The number of nitriles is 1. The van der Waals surface area contributed by atoms with Crippen LogP contribution in [-0.4, -0.2) is 44.6 Å². The number of hydrogen-bond donors (Lipinski definition) is 1. The Kier molecular flexibility index (Phi) is 4.89. The van der Waals surface area contributed by atoms with Gasteiger partial charge in [0, 0.05) is 13.1 Å². The highest BCUT2D eigenvalue weighted by Crippen LogP contribution is 2.17. The van der Waals surface area contributed by atoms with Crippen molar-refractivity contribution in [2.45, 2.75) is 32.2 Å². The van der Waals surface area contributed by atoms with Gasteiger partial charge >= 0.3 is 0 Å². The molecule has 0 unspecified atom stereocenters. The minimum atomic E-state index is -3.60. The van der Waals surface area contributed by atoms with Crippen molar-refractivity contribution < 1.29 is 13.2 Å². The lowest BCUT2D eigenvalue weighted by atomic mass is 9.97. The van der Waals surface area contributed by atoms with Crippen molar-refractivity contribution >= 4 is 10.2 Å². The molecule has 0 aliphatic carbocycles. The third-order valence-corrected chi connectivity index (χ3v) is 4.75. The summed E-state index contributed by atoms with van der Waals surface area (Å²) in [4.78, 5) is 0. The number of morpholine rings is 1. The van der Waals surface area contributed by atoms with E-state index in [-0.39, 0.29) is 0 Å². The van der Waals surface area contributed by atoms with Crippen molar-refractivity contribution in [3.05, 3.63) is 0 Å². The molecule has 7 heteroatoms. The number of nitrogens with one attached hydrogen (secondary N) is 1. The summed E-state index contributed by atoms with van der Waals surface area (Å²) in [7, 11) is -3.60. The molecule has 0 spiro atoms. The smallest absolute Gasteiger partial charge is 0.280 e. The monoisotopic (exact) mass is 261 g/mol. The van der Waals surface area contributed by atoms with Crippen molar-refractivity contribution in [2.75, 3.05) is 26.3 Å². The van der Waals surface area contributed by atoms with Crippen molar-refractivity contribution in [2.24, 2.45) is 0 Å².